The van der Waals surface area contributed by atoms with Crippen molar-refractivity contribution >= 4 is 22.7 Å². The molecule has 0 N–H and O–H groups in total. The fraction of sp³-hybridized carbons (Fsp3) is 0.333. The molecule has 4 heteroatoms. The predicted molar refractivity (Wildman–Crippen MR) is 106 cm³/mol. The lowest BCUT2D eigenvalue weighted by Gasteiger charge is -2.08. The molecule has 0 aliphatic heterocycles. The van der Waals surface area contributed by atoms with Crippen LogP contribution in [0.1, 0.15) is 30.9 Å². The first-order chi connectivity index (χ1) is 12.3. The average Bonchev–Trinajstić information content (AvgIpc) is 2.66. The van der Waals surface area contributed by atoms with E-state index < -0.39 is 0 Å². The number of benzene rings is 1. The minimum absolute atomic E-state index is 0.883. The fourth-order valence-corrected chi connectivity index (χ4v) is 3.69. The zero-order chi connectivity index (χ0) is 17.5. The molecule has 0 amide bonds. The van der Waals surface area contributed by atoms with E-state index in [0.717, 1.165) is 41.3 Å². The normalized spacial score (nSPS) is 11.0. The van der Waals surface area contributed by atoms with Gasteiger partial charge in [-0.1, -0.05) is 6.92 Å². The van der Waals surface area contributed by atoms with Gasteiger partial charge in [0.1, 0.15) is 5.75 Å². The van der Waals surface area contributed by atoms with Crippen LogP contribution in [-0.2, 0) is 12.8 Å². The molecular weight excluding hydrogens is 328 g/mol. The Morgan fingerprint density at radius 1 is 1.00 bits per heavy atom. The van der Waals surface area contributed by atoms with Crippen molar-refractivity contribution < 1.29 is 4.74 Å². The Morgan fingerprint density at radius 3 is 2.72 bits per heavy atom. The minimum atomic E-state index is 0.883. The number of methoxy groups -OCH3 is 1. The topological polar surface area (TPSA) is 35.0 Å². The number of ether oxygens (including phenoxy) is 1. The molecule has 25 heavy (non-hydrogen) atoms. The molecule has 0 radical (unpaired) electrons. The highest BCUT2D eigenvalue weighted by Gasteiger charge is 2.05. The third-order valence-electron chi connectivity index (χ3n) is 4.20. The molecule has 2 heterocycles. The lowest BCUT2D eigenvalue weighted by atomic mass is 10.0. The highest BCUT2D eigenvalue weighted by atomic mass is 32.2. The van der Waals surface area contributed by atoms with Gasteiger partial charge in [-0.05, 0) is 79.0 Å². The average molecular weight is 353 g/mol. The molecule has 0 saturated carbocycles. The quantitative estimate of drug-likeness (QED) is 0.514. The molecule has 0 unspecified atom stereocenters. The van der Waals surface area contributed by atoms with Gasteiger partial charge < -0.3 is 4.74 Å². The Hall–Kier alpha value is -2.07. The van der Waals surface area contributed by atoms with Crippen LogP contribution in [0.25, 0.3) is 10.9 Å². The Labute approximate surface area is 153 Å². The summed E-state index contributed by atoms with van der Waals surface area (Å²) in [6.07, 6.45) is 8.21. The van der Waals surface area contributed by atoms with E-state index in [1.165, 1.54) is 22.9 Å². The van der Waals surface area contributed by atoms with Gasteiger partial charge in [0.2, 0.25) is 0 Å². The van der Waals surface area contributed by atoms with Crippen LogP contribution in [0, 0.1) is 0 Å². The lowest BCUT2D eigenvalue weighted by Crippen LogP contribution is -1.94. The standard InChI is InChI=1S/C21H24N2OS/c1-3-13-25-21-14-16(9-11-23-21)5-4-6-17-10-12-22-20-8-7-18(24-2)15-19(17)20/h7-12,14-15H,3-6,13H2,1-2H3. The molecule has 3 rings (SSSR count). The molecule has 2 aromatic heterocycles. The number of fused-ring (bicyclic) bond motifs is 1. The van der Waals surface area contributed by atoms with Crippen molar-refractivity contribution in [3.8, 4) is 5.75 Å². The van der Waals surface area contributed by atoms with Crippen molar-refractivity contribution in [3.05, 3.63) is 59.9 Å². The van der Waals surface area contributed by atoms with Crippen LogP contribution < -0.4 is 4.74 Å². The summed E-state index contributed by atoms with van der Waals surface area (Å²) in [6.45, 7) is 2.20. The highest BCUT2D eigenvalue weighted by molar-refractivity contribution is 7.99. The second-order valence-corrected chi connectivity index (χ2v) is 7.17. The summed E-state index contributed by atoms with van der Waals surface area (Å²) in [5.41, 5.74) is 3.73. The largest absolute Gasteiger partial charge is 0.497 e. The molecule has 0 saturated heterocycles. The number of aromatic nitrogens is 2. The SMILES string of the molecule is CCCSc1cc(CCCc2ccnc3ccc(OC)cc23)ccn1. The summed E-state index contributed by atoms with van der Waals surface area (Å²) >= 11 is 1.84. The number of aryl methyl sites for hydroxylation is 2. The molecule has 0 aliphatic carbocycles. The highest BCUT2D eigenvalue weighted by Crippen LogP contribution is 2.24. The van der Waals surface area contributed by atoms with Gasteiger partial charge in [0.15, 0.2) is 0 Å². The second-order valence-electron chi connectivity index (χ2n) is 6.06. The molecule has 0 atom stereocenters. The van der Waals surface area contributed by atoms with Crippen molar-refractivity contribution in [1.82, 2.24) is 9.97 Å². The number of pyridine rings is 2. The summed E-state index contributed by atoms with van der Waals surface area (Å²) in [7, 11) is 1.70. The number of rotatable bonds is 8. The number of thioether (sulfide) groups is 1. The zero-order valence-corrected chi connectivity index (χ0v) is 15.7. The van der Waals surface area contributed by atoms with Gasteiger partial charge in [-0.25, -0.2) is 4.98 Å². The summed E-state index contributed by atoms with van der Waals surface area (Å²) < 4.78 is 5.36. The first-order valence-electron chi connectivity index (χ1n) is 8.79. The number of nitrogens with zero attached hydrogens (tertiary/aromatic N) is 2. The third-order valence-corrected chi connectivity index (χ3v) is 5.34. The maximum atomic E-state index is 5.36. The second kappa shape index (κ2) is 8.86. The molecule has 0 bridgehead atoms. The van der Waals surface area contributed by atoms with Gasteiger partial charge >= 0.3 is 0 Å². The molecular formula is C21H24N2OS. The van der Waals surface area contributed by atoms with Gasteiger partial charge in [0.25, 0.3) is 0 Å². The molecule has 1 aromatic carbocycles. The summed E-state index contributed by atoms with van der Waals surface area (Å²) in [5, 5.41) is 2.33. The van der Waals surface area contributed by atoms with Crippen molar-refractivity contribution in [1.29, 1.82) is 0 Å². The van der Waals surface area contributed by atoms with E-state index in [0.29, 0.717) is 0 Å². The van der Waals surface area contributed by atoms with Crippen LogP contribution >= 0.6 is 11.8 Å². The molecule has 0 spiro atoms. The monoisotopic (exact) mass is 352 g/mol. The van der Waals surface area contributed by atoms with E-state index in [1.807, 2.05) is 36.3 Å². The zero-order valence-electron chi connectivity index (χ0n) is 14.9. The Bertz CT molecular complexity index is 835. The maximum absolute atomic E-state index is 5.36. The van der Waals surface area contributed by atoms with Crippen LogP contribution in [0.3, 0.4) is 0 Å². The van der Waals surface area contributed by atoms with Crippen LogP contribution in [-0.4, -0.2) is 22.8 Å². The minimum Gasteiger partial charge on any atom is -0.497 e. The smallest absolute Gasteiger partial charge is 0.119 e. The van der Waals surface area contributed by atoms with E-state index in [-0.39, 0.29) is 0 Å². The summed E-state index contributed by atoms with van der Waals surface area (Å²) in [4.78, 5) is 8.90. The van der Waals surface area contributed by atoms with E-state index in [4.69, 9.17) is 4.74 Å². The van der Waals surface area contributed by atoms with Crippen molar-refractivity contribution in [2.45, 2.75) is 37.6 Å². The Kier molecular flexibility index (Phi) is 6.29. The first-order valence-corrected chi connectivity index (χ1v) is 9.78. The lowest BCUT2D eigenvalue weighted by molar-refractivity contribution is 0.415. The third kappa shape index (κ3) is 4.73. The van der Waals surface area contributed by atoms with E-state index in [9.17, 15) is 0 Å². The Morgan fingerprint density at radius 2 is 1.88 bits per heavy atom. The van der Waals surface area contributed by atoms with Crippen molar-refractivity contribution in [2.24, 2.45) is 0 Å². The van der Waals surface area contributed by atoms with Crippen LogP contribution in [0.2, 0.25) is 0 Å². The first kappa shape index (κ1) is 17.7. The maximum Gasteiger partial charge on any atom is 0.119 e. The fourth-order valence-electron chi connectivity index (χ4n) is 2.90. The van der Waals surface area contributed by atoms with E-state index in [1.54, 1.807) is 7.11 Å². The van der Waals surface area contributed by atoms with Crippen molar-refractivity contribution in [2.75, 3.05) is 12.9 Å². The van der Waals surface area contributed by atoms with Gasteiger partial charge in [-0.15, -0.1) is 11.8 Å². The van der Waals surface area contributed by atoms with E-state index >= 15 is 0 Å². The predicted octanol–water partition coefficient (Wildman–Crippen LogP) is 5.32. The van der Waals surface area contributed by atoms with Crippen LogP contribution in [0.15, 0.2) is 53.8 Å². The van der Waals surface area contributed by atoms with Crippen molar-refractivity contribution in [3.63, 3.8) is 0 Å². The molecule has 0 fully saturated rings. The molecule has 3 nitrogen and oxygen atoms in total. The van der Waals surface area contributed by atoms with Gasteiger partial charge in [-0.2, -0.15) is 0 Å². The summed E-state index contributed by atoms with van der Waals surface area (Å²) in [5.74, 6) is 2.01. The van der Waals surface area contributed by atoms with E-state index in [2.05, 4.69) is 41.2 Å². The molecule has 3 aromatic rings. The number of hydrogen-bond donors (Lipinski definition) is 0. The summed E-state index contributed by atoms with van der Waals surface area (Å²) in [6, 6.07) is 12.6. The Balaban J connectivity index is 1.67. The molecule has 0 aliphatic rings. The van der Waals surface area contributed by atoms with Gasteiger partial charge in [0.05, 0.1) is 17.7 Å². The van der Waals surface area contributed by atoms with Gasteiger partial charge in [0, 0.05) is 17.8 Å². The van der Waals surface area contributed by atoms with Gasteiger partial charge in [-0.3, -0.25) is 4.98 Å². The van der Waals surface area contributed by atoms with Crippen LogP contribution in [0.5, 0.6) is 5.75 Å². The van der Waals surface area contributed by atoms with Crippen LogP contribution in [0.4, 0.5) is 0 Å². The number of hydrogen-bond acceptors (Lipinski definition) is 4. The molecule has 130 valence electrons.